The summed E-state index contributed by atoms with van der Waals surface area (Å²) < 4.78 is 25.7. The smallest absolute Gasteiger partial charge is 0.242 e. The quantitative estimate of drug-likeness (QED) is 0.882. The monoisotopic (exact) mass is 283 g/mol. The van der Waals surface area contributed by atoms with Crippen LogP contribution in [-0.4, -0.2) is 26.7 Å². The second-order valence-electron chi connectivity index (χ2n) is 3.15. The molecule has 0 fully saturated rings. The lowest BCUT2D eigenvalue weighted by Crippen LogP contribution is -2.27. The zero-order valence-electron chi connectivity index (χ0n) is 8.50. The number of aryl methyl sites for hydroxylation is 1. The van der Waals surface area contributed by atoms with Crippen molar-refractivity contribution in [2.75, 3.05) is 13.2 Å². The van der Waals surface area contributed by atoms with Crippen LogP contribution in [0.2, 0.25) is 10.0 Å². The molecule has 0 saturated carbocycles. The Kier molecular flexibility index (Phi) is 4.58. The molecule has 0 aliphatic carbocycles. The van der Waals surface area contributed by atoms with Crippen LogP contribution in [0.5, 0.6) is 0 Å². The van der Waals surface area contributed by atoms with E-state index in [9.17, 15) is 8.42 Å². The predicted octanol–water partition coefficient (Wildman–Crippen LogP) is 1.57. The van der Waals surface area contributed by atoms with Crippen molar-refractivity contribution in [3.8, 4) is 0 Å². The number of hydrogen-bond donors (Lipinski definition) is 2. The summed E-state index contributed by atoms with van der Waals surface area (Å²) in [5, 5.41) is 9.03. The van der Waals surface area contributed by atoms with Crippen LogP contribution in [0.25, 0.3) is 0 Å². The van der Waals surface area contributed by atoms with E-state index in [0.717, 1.165) is 0 Å². The third-order valence-electron chi connectivity index (χ3n) is 1.91. The molecule has 1 aromatic carbocycles. The third kappa shape index (κ3) is 3.09. The van der Waals surface area contributed by atoms with Gasteiger partial charge >= 0.3 is 0 Å². The summed E-state index contributed by atoms with van der Waals surface area (Å²) in [6.45, 7) is 1.35. The van der Waals surface area contributed by atoms with E-state index in [2.05, 4.69) is 4.72 Å². The number of hydrogen-bond acceptors (Lipinski definition) is 3. The predicted molar refractivity (Wildman–Crippen MR) is 63.5 cm³/mol. The summed E-state index contributed by atoms with van der Waals surface area (Å²) in [5.41, 5.74) is 0.621. The van der Waals surface area contributed by atoms with Gasteiger partial charge in [-0.25, -0.2) is 13.1 Å². The molecular weight excluding hydrogens is 273 g/mol. The van der Waals surface area contributed by atoms with Crippen molar-refractivity contribution in [2.45, 2.75) is 11.8 Å². The van der Waals surface area contributed by atoms with E-state index in [4.69, 9.17) is 28.3 Å². The summed E-state index contributed by atoms with van der Waals surface area (Å²) in [6, 6.07) is 2.77. The van der Waals surface area contributed by atoms with Gasteiger partial charge in [0.25, 0.3) is 0 Å². The first kappa shape index (κ1) is 13.7. The lowest BCUT2D eigenvalue weighted by Gasteiger charge is -2.09. The Hall–Kier alpha value is -0.330. The lowest BCUT2D eigenvalue weighted by atomic mass is 10.2. The molecule has 1 aromatic rings. The van der Waals surface area contributed by atoms with Crippen molar-refractivity contribution in [3.63, 3.8) is 0 Å². The molecule has 0 aliphatic heterocycles. The van der Waals surface area contributed by atoms with E-state index in [0.29, 0.717) is 10.6 Å². The van der Waals surface area contributed by atoms with Crippen molar-refractivity contribution in [2.24, 2.45) is 0 Å². The van der Waals surface area contributed by atoms with E-state index >= 15 is 0 Å². The normalized spacial score (nSPS) is 11.8. The van der Waals surface area contributed by atoms with Gasteiger partial charge in [-0.3, -0.25) is 0 Å². The van der Waals surface area contributed by atoms with Crippen LogP contribution in [0.1, 0.15) is 5.56 Å². The minimum absolute atomic E-state index is 0.0375. The van der Waals surface area contributed by atoms with Gasteiger partial charge in [0.15, 0.2) is 0 Å². The summed E-state index contributed by atoms with van der Waals surface area (Å²) in [4.78, 5) is -0.0375. The van der Waals surface area contributed by atoms with Gasteiger partial charge in [0.2, 0.25) is 10.0 Å². The van der Waals surface area contributed by atoms with E-state index in [1.54, 1.807) is 6.92 Å². The Balaban J connectivity index is 3.18. The van der Waals surface area contributed by atoms with Crippen LogP contribution < -0.4 is 4.72 Å². The Morgan fingerprint density at radius 2 is 1.94 bits per heavy atom. The van der Waals surface area contributed by atoms with Crippen LogP contribution >= 0.6 is 23.2 Å². The fourth-order valence-corrected chi connectivity index (χ4v) is 2.95. The topological polar surface area (TPSA) is 66.4 Å². The summed E-state index contributed by atoms with van der Waals surface area (Å²) in [7, 11) is -3.69. The summed E-state index contributed by atoms with van der Waals surface area (Å²) >= 11 is 11.6. The average Bonchev–Trinajstić information content (AvgIpc) is 2.20. The highest BCUT2D eigenvalue weighted by Crippen LogP contribution is 2.27. The highest BCUT2D eigenvalue weighted by Gasteiger charge is 2.18. The SMILES string of the molecule is Cc1cc(S(=O)(=O)NCCO)c(Cl)cc1Cl. The fraction of sp³-hybridized carbons (Fsp3) is 0.333. The molecule has 0 radical (unpaired) electrons. The molecule has 2 N–H and O–H groups in total. The lowest BCUT2D eigenvalue weighted by molar-refractivity contribution is 0.301. The molecule has 0 heterocycles. The largest absolute Gasteiger partial charge is 0.395 e. The Morgan fingerprint density at radius 3 is 2.50 bits per heavy atom. The van der Waals surface area contributed by atoms with E-state index in [1.807, 2.05) is 0 Å². The van der Waals surface area contributed by atoms with Gasteiger partial charge in [0.05, 0.1) is 11.6 Å². The Morgan fingerprint density at radius 1 is 1.31 bits per heavy atom. The molecule has 0 spiro atoms. The van der Waals surface area contributed by atoms with Gasteiger partial charge in [-0.05, 0) is 24.6 Å². The maximum Gasteiger partial charge on any atom is 0.242 e. The molecule has 16 heavy (non-hydrogen) atoms. The molecule has 0 saturated heterocycles. The molecule has 90 valence electrons. The van der Waals surface area contributed by atoms with Crippen molar-refractivity contribution in [1.29, 1.82) is 0 Å². The molecule has 0 aliphatic rings. The van der Waals surface area contributed by atoms with E-state index in [1.165, 1.54) is 12.1 Å². The second kappa shape index (κ2) is 5.33. The molecule has 0 unspecified atom stereocenters. The number of benzene rings is 1. The zero-order chi connectivity index (χ0) is 12.3. The van der Waals surface area contributed by atoms with Crippen LogP contribution in [-0.2, 0) is 10.0 Å². The first-order valence-electron chi connectivity index (χ1n) is 4.44. The molecule has 0 atom stereocenters. The zero-order valence-corrected chi connectivity index (χ0v) is 10.8. The van der Waals surface area contributed by atoms with Crippen molar-refractivity contribution >= 4 is 33.2 Å². The summed E-state index contributed by atoms with van der Waals surface area (Å²) in [5.74, 6) is 0. The third-order valence-corrected chi connectivity index (χ3v) is 4.24. The first-order chi connectivity index (χ1) is 7.38. The maximum absolute atomic E-state index is 11.7. The number of aliphatic hydroxyl groups is 1. The molecule has 0 aromatic heterocycles. The molecule has 1 rings (SSSR count). The highest BCUT2D eigenvalue weighted by atomic mass is 35.5. The number of nitrogens with one attached hydrogen (secondary N) is 1. The van der Waals surface area contributed by atoms with Gasteiger partial charge in [-0.1, -0.05) is 23.2 Å². The molecule has 4 nitrogen and oxygen atoms in total. The number of aliphatic hydroxyl groups excluding tert-OH is 1. The maximum atomic E-state index is 11.7. The molecule has 0 amide bonds. The average molecular weight is 284 g/mol. The van der Waals surface area contributed by atoms with Crippen LogP contribution in [0.4, 0.5) is 0 Å². The van der Waals surface area contributed by atoms with Gasteiger partial charge in [0.1, 0.15) is 4.90 Å². The van der Waals surface area contributed by atoms with Gasteiger partial charge in [0, 0.05) is 11.6 Å². The molecule has 0 bridgehead atoms. The van der Waals surface area contributed by atoms with Crippen molar-refractivity contribution in [1.82, 2.24) is 4.72 Å². The fourth-order valence-electron chi connectivity index (χ4n) is 1.09. The van der Waals surface area contributed by atoms with E-state index < -0.39 is 10.0 Å². The van der Waals surface area contributed by atoms with E-state index in [-0.39, 0.29) is 23.1 Å². The highest BCUT2D eigenvalue weighted by molar-refractivity contribution is 7.89. The number of sulfonamides is 1. The van der Waals surface area contributed by atoms with Crippen LogP contribution in [0.3, 0.4) is 0 Å². The van der Waals surface area contributed by atoms with Gasteiger partial charge < -0.3 is 5.11 Å². The Bertz CT molecular complexity index is 488. The Labute approximate surface area is 104 Å². The molecular formula is C9H11Cl2NO3S. The minimum Gasteiger partial charge on any atom is -0.395 e. The minimum atomic E-state index is -3.69. The number of halogens is 2. The molecule has 7 heteroatoms. The van der Waals surface area contributed by atoms with Crippen LogP contribution in [0.15, 0.2) is 17.0 Å². The summed E-state index contributed by atoms with van der Waals surface area (Å²) in [6.07, 6.45) is 0. The van der Waals surface area contributed by atoms with Gasteiger partial charge in [-0.2, -0.15) is 0 Å². The second-order valence-corrected chi connectivity index (χ2v) is 5.70. The first-order valence-corrected chi connectivity index (χ1v) is 6.68. The standard InChI is InChI=1S/C9H11Cl2NO3S/c1-6-4-9(8(11)5-7(6)10)16(14,15)12-2-3-13/h4-5,12-13H,2-3H2,1H3. The van der Waals surface area contributed by atoms with Crippen LogP contribution in [0, 0.1) is 6.92 Å². The van der Waals surface area contributed by atoms with Crippen molar-refractivity contribution in [3.05, 3.63) is 27.7 Å². The van der Waals surface area contributed by atoms with Gasteiger partial charge in [-0.15, -0.1) is 0 Å². The van der Waals surface area contributed by atoms with Crippen molar-refractivity contribution < 1.29 is 13.5 Å². The number of rotatable bonds is 4.